The van der Waals surface area contributed by atoms with Crippen molar-refractivity contribution in [3.8, 4) is 5.75 Å². The number of esters is 1. The molecule has 0 atom stereocenters. The van der Waals surface area contributed by atoms with E-state index >= 15 is 0 Å². The summed E-state index contributed by atoms with van der Waals surface area (Å²) >= 11 is 9.02. The van der Waals surface area contributed by atoms with Crippen LogP contribution in [0.1, 0.15) is 21.5 Å². The Labute approximate surface area is 207 Å². The quantitative estimate of drug-likeness (QED) is 0.152. The molecule has 0 bridgehead atoms. The van der Waals surface area contributed by atoms with E-state index in [0.29, 0.717) is 26.8 Å². The summed E-state index contributed by atoms with van der Waals surface area (Å²) in [6.45, 7) is 0.218. The lowest BCUT2D eigenvalue weighted by molar-refractivity contribution is -0.123. The van der Waals surface area contributed by atoms with Crippen LogP contribution < -0.4 is 4.74 Å². The average molecular weight is 576 g/mol. The van der Waals surface area contributed by atoms with E-state index in [4.69, 9.17) is 16.3 Å². The van der Waals surface area contributed by atoms with E-state index in [1.54, 1.807) is 48.5 Å². The molecule has 1 aliphatic heterocycles. The Balaban J connectivity index is 1.49. The zero-order valence-corrected chi connectivity index (χ0v) is 20.2. The van der Waals surface area contributed by atoms with E-state index in [-0.39, 0.29) is 17.7 Å². The SMILES string of the molecule is O=C(Oc1cccc(/C=C2\SC(=O)N(Cc3ccc(I)cc3)C2=O)c1)c1cccc(Cl)c1. The van der Waals surface area contributed by atoms with Gasteiger partial charge in [-0.1, -0.05) is 41.9 Å². The molecule has 0 N–H and O–H groups in total. The second kappa shape index (κ2) is 9.89. The Kier molecular flexibility index (Phi) is 6.98. The Morgan fingerprint density at radius 2 is 1.78 bits per heavy atom. The molecule has 4 rings (SSSR count). The van der Waals surface area contributed by atoms with Gasteiger partial charge in [0.15, 0.2) is 0 Å². The molecule has 1 saturated heterocycles. The highest BCUT2D eigenvalue weighted by molar-refractivity contribution is 14.1. The fourth-order valence-electron chi connectivity index (χ4n) is 3.01. The number of ether oxygens (including phenoxy) is 1. The molecule has 8 heteroatoms. The fourth-order valence-corrected chi connectivity index (χ4v) is 4.40. The van der Waals surface area contributed by atoms with Crippen LogP contribution in [0.4, 0.5) is 4.79 Å². The third-order valence-electron chi connectivity index (χ3n) is 4.55. The highest BCUT2D eigenvalue weighted by Gasteiger charge is 2.35. The molecule has 0 unspecified atom stereocenters. The summed E-state index contributed by atoms with van der Waals surface area (Å²) < 4.78 is 6.50. The number of nitrogens with zero attached hydrogens (tertiary/aromatic N) is 1. The normalized spacial score (nSPS) is 14.8. The van der Waals surface area contributed by atoms with Crippen LogP contribution in [-0.4, -0.2) is 22.0 Å². The van der Waals surface area contributed by atoms with Crippen molar-refractivity contribution in [1.29, 1.82) is 0 Å². The zero-order valence-electron chi connectivity index (χ0n) is 16.5. The van der Waals surface area contributed by atoms with Crippen LogP contribution in [0.5, 0.6) is 5.75 Å². The van der Waals surface area contributed by atoms with Gasteiger partial charge >= 0.3 is 5.97 Å². The maximum absolute atomic E-state index is 12.8. The van der Waals surface area contributed by atoms with Gasteiger partial charge in [0.1, 0.15) is 5.75 Å². The van der Waals surface area contributed by atoms with Gasteiger partial charge in [0.05, 0.1) is 17.0 Å². The third kappa shape index (κ3) is 5.40. The van der Waals surface area contributed by atoms with Crippen molar-refractivity contribution in [2.75, 3.05) is 0 Å². The Morgan fingerprint density at radius 1 is 1.03 bits per heavy atom. The molecule has 1 fully saturated rings. The minimum atomic E-state index is -0.539. The van der Waals surface area contributed by atoms with Crippen LogP contribution in [-0.2, 0) is 11.3 Å². The first-order valence-corrected chi connectivity index (χ1v) is 11.7. The first kappa shape index (κ1) is 22.6. The second-order valence-electron chi connectivity index (χ2n) is 6.87. The summed E-state index contributed by atoms with van der Waals surface area (Å²) in [6, 6.07) is 20.9. The van der Waals surface area contributed by atoms with Crippen molar-refractivity contribution in [2.24, 2.45) is 0 Å². The number of carbonyl (C=O) groups excluding carboxylic acids is 3. The second-order valence-corrected chi connectivity index (χ2v) is 9.54. The molecule has 2 amide bonds. The summed E-state index contributed by atoms with van der Waals surface area (Å²) in [7, 11) is 0. The number of thioether (sulfide) groups is 1. The smallest absolute Gasteiger partial charge is 0.343 e. The number of halogens is 2. The molecule has 5 nitrogen and oxygen atoms in total. The standard InChI is InChI=1S/C24H15ClINO4S/c25-18-5-2-4-17(13-18)23(29)31-20-6-1-3-16(11-20)12-21-22(28)27(24(30)32-21)14-15-7-9-19(26)10-8-15/h1-13H,14H2/b21-12-. The number of rotatable bonds is 5. The van der Waals surface area contributed by atoms with Gasteiger partial charge < -0.3 is 4.74 Å². The van der Waals surface area contributed by atoms with Gasteiger partial charge in [0.25, 0.3) is 11.1 Å². The van der Waals surface area contributed by atoms with Crippen LogP contribution in [0.2, 0.25) is 5.02 Å². The van der Waals surface area contributed by atoms with Gasteiger partial charge in [-0.15, -0.1) is 0 Å². The van der Waals surface area contributed by atoms with Crippen LogP contribution in [0.25, 0.3) is 6.08 Å². The van der Waals surface area contributed by atoms with Crippen LogP contribution >= 0.6 is 46.0 Å². The summed E-state index contributed by atoms with van der Waals surface area (Å²) in [5.74, 6) is -0.566. The van der Waals surface area contributed by atoms with Gasteiger partial charge in [-0.05, 0) is 94.0 Å². The Morgan fingerprint density at radius 3 is 2.53 bits per heavy atom. The van der Waals surface area contributed by atoms with Crippen molar-refractivity contribution in [3.63, 3.8) is 0 Å². The molecule has 1 aliphatic rings. The molecule has 0 radical (unpaired) electrons. The third-order valence-corrected chi connectivity index (χ3v) is 6.42. The van der Waals surface area contributed by atoms with Gasteiger partial charge in [-0.2, -0.15) is 0 Å². The first-order chi connectivity index (χ1) is 15.4. The molecule has 1 heterocycles. The van der Waals surface area contributed by atoms with Gasteiger partial charge in [0.2, 0.25) is 0 Å². The highest BCUT2D eigenvalue weighted by atomic mass is 127. The molecular formula is C24H15ClINO4S. The van der Waals surface area contributed by atoms with Gasteiger partial charge in [0, 0.05) is 8.59 Å². The molecule has 0 aliphatic carbocycles. The molecule has 0 aromatic heterocycles. The molecule has 32 heavy (non-hydrogen) atoms. The number of hydrogen-bond acceptors (Lipinski definition) is 5. The lowest BCUT2D eigenvalue weighted by Gasteiger charge is -2.12. The topological polar surface area (TPSA) is 63.7 Å². The van der Waals surface area contributed by atoms with Gasteiger partial charge in [-0.3, -0.25) is 14.5 Å². The molecule has 3 aromatic rings. The average Bonchev–Trinajstić information content (AvgIpc) is 3.03. The van der Waals surface area contributed by atoms with Crippen molar-refractivity contribution in [1.82, 2.24) is 4.90 Å². The van der Waals surface area contributed by atoms with Crippen molar-refractivity contribution < 1.29 is 19.1 Å². The number of benzene rings is 3. The zero-order chi connectivity index (χ0) is 22.7. The number of imide groups is 1. The lowest BCUT2D eigenvalue weighted by Crippen LogP contribution is -2.27. The number of carbonyl (C=O) groups is 3. The van der Waals surface area contributed by atoms with Crippen molar-refractivity contribution in [3.05, 3.63) is 103 Å². The van der Waals surface area contributed by atoms with Crippen LogP contribution in [0, 0.1) is 3.57 Å². The van der Waals surface area contributed by atoms with E-state index in [0.717, 1.165) is 20.9 Å². The predicted molar refractivity (Wildman–Crippen MR) is 134 cm³/mol. The lowest BCUT2D eigenvalue weighted by atomic mass is 10.2. The Hall–Kier alpha value is -2.62. The summed E-state index contributed by atoms with van der Waals surface area (Å²) in [4.78, 5) is 39.1. The Bertz CT molecular complexity index is 1240. The van der Waals surface area contributed by atoms with E-state index in [9.17, 15) is 14.4 Å². The molecule has 0 spiro atoms. The van der Waals surface area contributed by atoms with Crippen LogP contribution in [0.15, 0.2) is 77.7 Å². The summed E-state index contributed by atoms with van der Waals surface area (Å²) in [6.07, 6.45) is 1.62. The minimum Gasteiger partial charge on any atom is -0.423 e. The highest BCUT2D eigenvalue weighted by Crippen LogP contribution is 2.33. The van der Waals surface area contributed by atoms with E-state index in [2.05, 4.69) is 22.6 Å². The first-order valence-electron chi connectivity index (χ1n) is 9.47. The summed E-state index contributed by atoms with van der Waals surface area (Å²) in [5, 5.41) is 0.123. The minimum absolute atomic E-state index is 0.218. The molecule has 3 aromatic carbocycles. The van der Waals surface area contributed by atoms with Crippen molar-refractivity contribution >= 4 is 69.1 Å². The van der Waals surface area contributed by atoms with Crippen LogP contribution in [0.3, 0.4) is 0 Å². The maximum atomic E-state index is 12.8. The molecule has 160 valence electrons. The fraction of sp³-hybridized carbons (Fsp3) is 0.0417. The maximum Gasteiger partial charge on any atom is 0.343 e. The largest absolute Gasteiger partial charge is 0.423 e. The molecule has 0 saturated carbocycles. The van der Waals surface area contributed by atoms with Gasteiger partial charge in [-0.25, -0.2) is 4.79 Å². The monoisotopic (exact) mass is 575 g/mol. The number of hydrogen-bond donors (Lipinski definition) is 0. The van der Waals surface area contributed by atoms with E-state index in [1.807, 2.05) is 24.3 Å². The predicted octanol–water partition coefficient (Wildman–Crippen LogP) is 6.40. The summed E-state index contributed by atoms with van der Waals surface area (Å²) in [5.41, 5.74) is 1.85. The molecular weight excluding hydrogens is 561 g/mol. The van der Waals surface area contributed by atoms with Crippen molar-refractivity contribution in [2.45, 2.75) is 6.54 Å². The van der Waals surface area contributed by atoms with E-state index in [1.165, 1.54) is 11.0 Å². The number of amides is 2. The van der Waals surface area contributed by atoms with E-state index < -0.39 is 5.97 Å².